The molecule has 0 aromatic heterocycles. The smallest absolute Gasteiger partial charge is 0.463 e. The molecule has 0 rings (SSSR count). The van der Waals surface area contributed by atoms with Gasteiger partial charge in [0.05, 0.1) is 13.2 Å². The Morgan fingerprint density at radius 2 is 0.818 bits per heavy atom. The van der Waals surface area contributed by atoms with Gasteiger partial charge in [0.15, 0.2) is 0 Å². The number of hydrogen-bond donors (Lipinski definition) is 3. The summed E-state index contributed by atoms with van der Waals surface area (Å²) < 4.78 is 26.9. The van der Waals surface area contributed by atoms with Crippen LogP contribution in [0.5, 0.6) is 0 Å². The number of amides is 1. The van der Waals surface area contributed by atoms with Gasteiger partial charge in [-0.05, 0) is 12.8 Å². The standard InChI is InChI=1S/C45H90NO8P/c1-3-5-7-9-11-13-15-17-18-19-20-21-22-23-24-25-26-27-29-31-33-35-37-44(48)46-39-40-53-55(50,51)54-42-43(47)41-52-45(49)38-36-34-32-30-28-16-14-12-10-8-6-4-2/h43,47H,3-42H2,1-2H3,(H,46,48)(H,50,51). The maximum Gasteiger partial charge on any atom is 0.472 e. The number of aliphatic hydroxyl groups excluding tert-OH is 1. The third kappa shape index (κ3) is 44.0. The quantitative estimate of drug-likeness (QED) is 0.0315. The van der Waals surface area contributed by atoms with Crippen molar-refractivity contribution in [2.75, 3.05) is 26.4 Å². The predicted molar refractivity (Wildman–Crippen MR) is 229 cm³/mol. The number of carbonyl (C=O) groups is 2. The number of rotatable bonds is 45. The minimum Gasteiger partial charge on any atom is -0.463 e. The van der Waals surface area contributed by atoms with Gasteiger partial charge in [-0.25, -0.2) is 4.57 Å². The van der Waals surface area contributed by atoms with Crippen LogP contribution in [-0.4, -0.2) is 54.3 Å². The molecule has 0 aliphatic heterocycles. The van der Waals surface area contributed by atoms with Crippen LogP contribution in [0.2, 0.25) is 0 Å². The van der Waals surface area contributed by atoms with E-state index in [4.69, 9.17) is 13.8 Å². The van der Waals surface area contributed by atoms with Gasteiger partial charge in [-0.15, -0.1) is 0 Å². The first-order valence-corrected chi connectivity index (χ1v) is 25.0. The molecule has 3 N–H and O–H groups in total. The zero-order chi connectivity index (χ0) is 40.3. The molecule has 0 saturated carbocycles. The zero-order valence-electron chi connectivity index (χ0n) is 36.2. The van der Waals surface area contributed by atoms with Crippen LogP contribution >= 0.6 is 7.82 Å². The van der Waals surface area contributed by atoms with Gasteiger partial charge in [-0.1, -0.05) is 219 Å². The van der Waals surface area contributed by atoms with Crippen molar-refractivity contribution in [3.05, 3.63) is 0 Å². The lowest BCUT2D eigenvalue weighted by Crippen LogP contribution is -2.27. The largest absolute Gasteiger partial charge is 0.472 e. The summed E-state index contributed by atoms with van der Waals surface area (Å²) in [5.74, 6) is -0.503. The van der Waals surface area contributed by atoms with E-state index in [2.05, 4.69) is 19.2 Å². The first-order valence-electron chi connectivity index (χ1n) is 23.5. The molecule has 0 heterocycles. The van der Waals surface area contributed by atoms with Crippen LogP contribution in [0.25, 0.3) is 0 Å². The molecule has 0 fully saturated rings. The molecule has 0 aromatic rings. The van der Waals surface area contributed by atoms with Crippen molar-refractivity contribution >= 4 is 19.7 Å². The highest BCUT2D eigenvalue weighted by atomic mass is 31.2. The molecule has 10 heteroatoms. The number of esters is 1. The van der Waals surface area contributed by atoms with Gasteiger partial charge in [0.25, 0.3) is 0 Å². The molecule has 0 bridgehead atoms. The maximum atomic E-state index is 12.1. The average molecular weight is 804 g/mol. The molecular weight excluding hydrogens is 713 g/mol. The first-order chi connectivity index (χ1) is 26.8. The number of nitrogens with one attached hydrogen (secondary N) is 1. The second-order valence-electron chi connectivity index (χ2n) is 16.1. The zero-order valence-corrected chi connectivity index (χ0v) is 37.0. The molecular formula is C45H90NO8P. The molecule has 0 aliphatic rings. The highest BCUT2D eigenvalue weighted by Crippen LogP contribution is 2.42. The molecule has 2 unspecified atom stereocenters. The van der Waals surface area contributed by atoms with Crippen LogP contribution in [0.4, 0.5) is 0 Å². The van der Waals surface area contributed by atoms with Crippen molar-refractivity contribution in [2.24, 2.45) is 0 Å². The third-order valence-corrected chi connectivity index (χ3v) is 11.5. The predicted octanol–water partition coefficient (Wildman–Crippen LogP) is 13.2. The molecule has 328 valence electrons. The number of phosphoric ester groups is 1. The Morgan fingerprint density at radius 1 is 0.491 bits per heavy atom. The van der Waals surface area contributed by atoms with E-state index in [1.807, 2.05) is 0 Å². The van der Waals surface area contributed by atoms with Crippen LogP contribution in [0, 0.1) is 0 Å². The lowest BCUT2D eigenvalue weighted by atomic mass is 10.0. The Bertz CT molecular complexity index is 876. The summed E-state index contributed by atoms with van der Waals surface area (Å²) in [6.07, 6.45) is 43.3. The Hall–Kier alpha value is -0.990. The Morgan fingerprint density at radius 3 is 1.18 bits per heavy atom. The van der Waals surface area contributed by atoms with Crippen molar-refractivity contribution in [2.45, 2.75) is 251 Å². The average Bonchev–Trinajstić information content (AvgIpc) is 3.17. The summed E-state index contributed by atoms with van der Waals surface area (Å²) in [4.78, 5) is 33.9. The van der Waals surface area contributed by atoms with Crippen LogP contribution in [0.15, 0.2) is 0 Å². The fourth-order valence-electron chi connectivity index (χ4n) is 6.97. The number of ether oxygens (including phenoxy) is 1. The van der Waals surface area contributed by atoms with E-state index in [0.29, 0.717) is 6.42 Å². The van der Waals surface area contributed by atoms with Gasteiger partial charge >= 0.3 is 13.8 Å². The third-order valence-electron chi connectivity index (χ3n) is 10.5. The number of phosphoric acid groups is 1. The van der Waals surface area contributed by atoms with Crippen LogP contribution in [0.1, 0.15) is 245 Å². The van der Waals surface area contributed by atoms with E-state index >= 15 is 0 Å². The van der Waals surface area contributed by atoms with E-state index in [9.17, 15) is 24.2 Å². The summed E-state index contributed by atoms with van der Waals surface area (Å²) >= 11 is 0. The summed E-state index contributed by atoms with van der Waals surface area (Å²) in [6.45, 7) is 3.60. The molecule has 0 radical (unpaired) electrons. The van der Waals surface area contributed by atoms with E-state index in [1.165, 1.54) is 180 Å². The summed E-state index contributed by atoms with van der Waals surface area (Å²) in [7, 11) is -4.41. The molecule has 2 atom stereocenters. The highest BCUT2D eigenvalue weighted by Gasteiger charge is 2.23. The van der Waals surface area contributed by atoms with Crippen molar-refractivity contribution in [1.82, 2.24) is 5.32 Å². The summed E-state index contributed by atoms with van der Waals surface area (Å²) in [6, 6.07) is 0. The Kier molecular flexibility index (Phi) is 41.8. The Labute approximate surface area is 339 Å². The van der Waals surface area contributed by atoms with Gasteiger partial charge < -0.3 is 20.1 Å². The van der Waals surface area contributed by atoms with Crippen LogP contribution in [0.3, 0.4) is 0 Å². The SMILES string of the molecule is CCCCCCCCCCCCCCCCCCCCCCCCC(=O)NCCOP(=O)(O)OCC(O)COC(=O)CCCCCCCCCCCCCC. The number of aliphatic hydroxyl groups is 1. The van der Waals surface area contributed by atoms with Crippen molar-refractivity contribution in [3.63, 3.8) is 0 Å². The van der Waals surface area contributed by atoms with E-state index in [1.54, 1.807) is 0 Å². The molecule has 0 spiro atoms. The number of carbonyl (C=O) groups excluding carboxylic acids is 2. The van der Waals surface area contributed by atoms with Crippen LogP contribution in [-0.2, 0) is 27.9 Å². The van der Waals surface area contributed by atoms with Crippen LogP contribution < -0.4 is 5.32 Å². The normalized spacial score (nSPS) is 13.2. The fraction of sp³-hybridized carbons (Fsp3) is 0.956. The topological polar surface area (TPSA) is 131 Å². The van der Waals surface area contributed by atoms with E-state index in [-0.39, 0.29) is 32.1 Å². The van der Waals surface area contributed by atoms with Gasteiger partial charge in [-0.3, -0.25) is 18.6 Å². The lowest BCUT2D eigenvalue weighted by Gasteiger charge is -2.15. The number of hydrogen-bond acceptors (Lipinski definition) is 7. The summed E-state index contributed by atoms with van der Waals surface area (Å²) in [5, 5.41) is 12.7. The first kappa shape index (κ1) is 54.0. The Balaban J connectivity index is 3.50. The molecule has 1 amide bonds. The van der Waals surface area contributed by atoms with Gasteiger partial charge in [0.2, 0.25) is 5.91 Å². The maximum absolute atomic E-state index is 12.1. The molecule has 0 aliphatic carbocycles. The second-order valence-corrected chi connectivity index (χ2v) is 17.6. The molecule has 55 heavy (non-hydrogen) atoms. The molecule has 9 nitrogen and oxygen atoms in total. The lowest BCUT2D eigenvalue weighted by molar-refractivity contribution is -0.147. The van der Waals surface area contributed by atoms with Gasteiger partial charge in [0.1, 0.15) is 12.7 Å². The molecule has 0 saturated heterocycles. The van der Waals surface area contributed by atoms with Gasteiger partial charge in [0, 0.05) is 19.4 Å². The van der Waals surface area contributed by atoms with E-state index in [0.717, 1.165) is 38.5 Å². The monoisotopic (exact) mass is 804 g/mol. The van der Waals surface area contributed by atoms with Crippen molar-refractivity contribution < 1.29 is 37.9 Å². The van der Waals surface area contributed by atoms with Crippen molar-refractivity contribution in [3.8, 4) is 0 Å². The minimum atomic E-state index is -4.41. The van der Waals surface area contributed by atoms with Crippen molar-refractivity contribution in [1.29, 1.82) is 0 Å². The minimum absolute atomic E-state index is 0.0886. The van der Waals surface area contributed by atoms with Gasteiger partial charge in [-0.2, -0.15) is 0 Å². The number of unbranched alkanes of at least 4 members (excludes halogenated alkanes) is 32. The second kappa shape index (κ2) is 42.6. The highest BCUT2D eigenvalue weighted by molar-refractivity contribution is 7.47. The fourth-order valence-corrected chi connectivity index (χ4v) is 7.73. The van der Waals surface area contributed by atoms with E-state index < -0.39 is 26.5 Å². The summed E-state index contributed by atoms with van der Waals surface area (Å²) in [5.41, 5.74) is 0. The molecule has 0 aromatic carbocycles.